The van der Waals surface area contributed by atoms with E-state index in [1.165, 1.54) is 12.8 Å². The average molecular weight is 361 g/mol. The molecule has 20 heavy (non-hydrogen) atoms. The number of anilines is 1. The second-order valence-electron chi connectivity index (χ2n) is 5.35. The summed E-state index contributed by atoms with van der Waals surface area (Å²) in [5.74, 6) is 0.910. The summed E-state index contributed by atoms with van der Waals surface area (Å²) in [5.41, 5.74) is 0. The van der Waals surface area contributed by atoms with Crippen molar-refractivity contribution in [3.8, 4) is 0 Å². The number of morpholine rings is 1. The van der Waals surface area contributed by atoms with Gasteiger partial charge in [-0.2, -0.15) is 0 Å². The maximum Gasteiger partial charge on any atom is 0.147 e. The number of aromatic nitrogens is 1. The summed E-state index contributed by atoms with van der Waals surface area (Å²) in [6.45, 7) is 5.84. The van der Waals surface area contributed by atoms with E-state index in [0.29, 0.717) is 6.04 Å². The number of pyridine rings is 1. The highest BCUT2D eigenvalue weighted by atomic mass is 79.9. The predicted octanol–water partition coefficient (Wildman–Crippen LogP) is 2.80. The molecule has 6 heteroatoms. The zero-order valence-electron chi connectivity index (χ0n) is 11.4. The van der Waals surface area contributed by atoms with Gasteiger partial charge in [0.2, 0.25) is 0 Å². The third kappa shape index (κ3) is 3.27. The molecule has 3 rings (SSSR count). The smallest absolute Gasteiger partial charge is 0.147 e. The monoisotopic (exact) mass is 359 g/mol. The van der Waals surface area contributed by atoms with Crippen LogP contribution in [0.5, 0.6) is 0 Å². The molecule has 2 saturated heterocycles. The molecule has 1 atom stereocenters. The molecule has 110 valence electrons. The third-order valence-corrected chi connectivity index (χ3v) is 4.76. The van der Waals surface area contributed by atoms with Gasteiger partial charge < -0.3 is 9.64 Å². The molecule has 0 spiro atoms. The molecular formula is C14H19BrClN3O. The quantitative estimate of drug-likeness (QED) is 0.811. The van der Waals surface area contributed by atoms with Gasteiger partial charge in [-0.1, -0.05) is 11.6 Å². The fraction of sp³-hybridized carbons (Fsp3) is 0.643. The van der Waals surface area contributed by atoms with Crippen molar-refractivity contribution in [2.75, 3.05) is 44.3 Å². The van der Waals surface area contributed by atoms with Crippen molar-refractivity contribution in [1.82, 2.24) is 9.88 Å². The van der Waals surface area contributed by atoms with E-state index >= 15 is 0 Å². The summed E-state index contributed by atoms with van der Waals surface area (Å²) in [5, 5.41) is 0.724. The van der Waals surface area contributed by atoms with Crippen molar-refractivity contribution in [2.24, 2.45) is 0 Å². The zero-order valence-corrected chi connectivity index (χ0v) is 13.7. The van der Waals surface area contributed by atoms with Crippen LogP contribution in [-0.4, -0.2) is 55.3 Å². The number of hydrogen-bond acceptors (Lipinski definition) is 4. The summed E-state index contributed by atoms with van der Waals surface area (Å²) < 4.78 is 6.36. The Kier molecular flexibility index (Phi) is 4.81. The van der Waals surface area contributed by atoms with Crippen molar-refractivity contribution in [3.63, 3.8) is 0 Å². The topological polar surface area (TPSA) is 28.6 Å². The molecule has 1 aromatic heterocycles. The first-order chi connectivity index (χ1) is 9.74. The lowest BCUT2D eigenvalue weighted by Crippen LogP contribution is -2.51. The van der Waals surface area contributed by atoms with E-state index in [9.17, 15) is 0 Å². The molecule has 2 aliphatic rings. The number of rotatable bonds is 2. The lowest BCUT2D eigenvalue weighted by atomic mass is 10.0. The molecular weight excluding hydrogens is 342 g/mol. The highest BCUT2D eigenvalue weighted by Crippen LogP contribution is 2.29. The standard InChI is InChI=1S/C14H19BrClN3O/c15-11-8-13(16)14(17-9-11)19-3-1-2-12(10-19)18-4-6-20-7-5-18/h8-9,12H,1-7,10H2. The van der Waals surface area contributed by atoms with E-state index in [0.717, 1.165) is 54.7 Å². The molecule has 2 aliphatic heterocycles. The molecule has 4 nitrogen and oxygen atoms in total. The molecule has 1 unspecified atom stereocenters. The molecule has 3 heterocycles. The Balaban J connectivity index is 1.71. The van der Waals surface area contributed by atoms with E-state index in [-0.39, 0.29) is 0 Å². The fourth-order valence-electron chi connectivity index (χ4n) is 3.03. The predicted molar refractivity (Wildman–Crippen MR) is 84.6 cm³/mol. The van der Waals surface area contributed by atoms with Crippen molar-refractivity contribution in [3.05, 3.63) is 21.8 Å². The van der Waals surface area contributed by atoms with Crippen LogP contribution in [-0.2, 0) is 4.74 Å². The van der Waals surface area contributed by atoms with Gasteiger partial charge in [-0.3, -0.25) is 4.90 Å². The van der Waals surface area contributed by atoms with E-state index in [1.54, 1.807) is 0 Å². The second kappa shape index (κ2) is 6.60. The molecule has 0 amide bonds. The normalized spacial score (nSPS) is 24.9. The third-order valence-electron chi connectivity index (χ3n) is 4.05. The Morgan fingerprint density at radius 1 is 1.30 bits per heavy atom. The van der Waals surface area contributed by atoms with Gasteiger partial charge in [-0.05, 0) is 34.8 Å². The van der Waals surface area contributed by atoms with Gasteiger partial charge >= 0.3 is 0 Å². The maximum atomic E-state index is 6.33. The van der Waals surface area contributed by atoms with Crippen LogP contribution in [0.15, 0.2) is 16.7 Å². The van der Waals surface area contributed by atoms with Crippen LogP contribution < -0.4 is 4.90 Å². The summed E-state index contributed by atoms with van der Waals surface area (Å²) in [6, 6.07) is 2.51. The number of hydrogen-bond donors (Lipinski definition) is 0. The van der Waals surface area contributed by atoms with Crippen LogP contribution in [0.3, 0.4) is 0 Å². The Bertz CT molecular complexity index is 468. The minimum Gasteiger partial charge on any atom is -0.379 e. The van der Waals surface area contributed by atoms with E-state index in [1.807, 2.05) is 12.3 Å². The van der Waals surface area contributed by atoms with Gasteiger partial charge in [-0.25, -0.2) is 4.98 Å². The highest BCUT2D eigenvalue weighted by molar-refractivity contribution is 9.10. The van der Waals surface area contributed by atoms with Gasteiger partial charge in [0.25, 0.3) is 0 Å². The number of piperidine rings is 1. The Hall–Kier alpha value is -0.360. The van der Waals surface area contributed by atoms with Crippen LogP contribution in [0, 0.1) is 0 Å². The van der Waals surface area contributed by atoms with Crippen LogP contribution >= 0.6 is 27.5 Å². The van der Waals surface area contributed by atoms with Gasteiger partial charge in [0.15, 0.2) is 0 Å². The van der Waals surface area contributed by atoms with Crippen molar-refractivity contribution in [1.29, 1.82) is 0 Å². The Morgan fingerprint density at radius 3 is 2.85 bits per heavy atom. The highest BCUT2D eigenvalue weighted by Gasteiger charge is 2.27. The molecule has 0 saturated carbocycles. The van der Waals surface area contributed by atoms with Crippen molar-refractivity contribution >= 4 is 33.3 Å². The summed E-state index contributed by atoms with van der Waals surface area (Å²) in [4.78, 5) is 9.35. The van der Waals surface area contributed by atoms with E-state index < -0.39 is 0 Å². The first-order valence-corrected chi connectivity index (χ1v) is 8.29. The molecule has 0 aromatic carbocycles. The van der Waals surface area contributed by atoms with Gasteiger partial charge in [0.1, 0.15) is 5.82 Å². The van der Waals surface area contributed by atoms with Crippen LogP contribution in [0.2, 0.25) is 5.02 Å². The SMILES string of the molecule is Clc1cc(Br)cnc1N1CCCC(N2CCOCC2)C1. The minimum atomic E-state index is 0.592. The van der Waals surface area contributed by atoms with Crippen molar-refractivity contribution in [2.45, 2.75) is 18.9 Å². The van der Waals surface area contributed by atoms with E-state index in [4.69, 9.17) is 16.3 Å². The number of nitrogens with zero attached hydrogens (tertiary/aromatic N) is 3. The van der Waals surface area contributed by atoms with Gasteiger partial charge in [0.05, 0.1) is 18.2 Å². The molecule has 0 aliphatic carbocycles. The molecule has 0 radical (unpaired) electrons. The van der Waals surface area contributed by atoms with Crippen LogP contribution in [0.1, 0.15) is 12.8 Å². The maximum absolute atomic E-state index is 6.33. The second-order valence-corrected chi connectivity index (χ2v) is 6.67. The Morgan fingerprint density at radius 2 is 2.10 bits per heavy atom. The number of ether oxygens (including phenoxy) is 1. The lowest BCUT2D eigenvalue weighted by Gasteiger charge is -2.41. The first-order valence-electron chi connectivity index (χ1n) is 7.12. The Labute approximate surface area is 133 Å². The van der Waals surface area contributed by atoms with Crippen LogP contribution in [0.4, 0.5) is 5.82 Å². The lowest BCUT2D eigenvalue weighted by molar-refractivity contribution is 0.0137. The molecule has 2 fully saturated rings. The summed E-state index contributed by atoms with van der Waals surface area (Å²) in [7, 11) is 0. The van der Waals surface area contributed by atoms with Crippen LogP contribution in [0.25, 0.3) is 0 Å². The van der Waals surface area contributed by atoms with E-state index in [2.05, 4.69) is 30.7 Å². The molecule has 1 aromatic rings. The first kappa shape index (κ1) is 14.6. The zero-order chi connectivity index (χ0) is 13.9. The van der Waals surface area contributed by atoms with Gasteiger partial charge in [0, 0.05) is 42.9 Å². The number of halogens is 2. The largest absolute Gasteiger partial charge is 0.379 e. The summed E-state index contributed by atoms with van der Waals surface area (Å²) in [6.07, 6.45) is 4.26. The minimum absolute atomic E-state index is 0.592. The molecule has 0 bridgehead atoms. The van der Waals surface area contributed by atoms with Crippen molar-refractivity contribution < 1.29 is 4.74 Å². The fourth-order valence-corrected chi connectivity index (χ4v) is 3.78. The average Bonchev–Trinajstić information content (AvgIpc) is 2.48. The van der Waals surface area contributed by atoms with Gasteiger partial charge in [-0.15, -0.1) is 0 Å². The summed E-state index contributed by atoms with van der Waals surface area (Å²) >= 11 is 9.74. The molecule has 0 N–H and O–H groups in total.